The second-order valence-corrected chi connectivity index (χ2v) is 7.16. The molecule has 1 aromatic heterocycles. The van der Waals surface area contributed by atoms with Crippen LogP contribution in [-0.4, -0.2) is 48.4 Å². The van der Waals surface area contributed by atoms with Crippen LogP contribution in [0.1, 0.15) is 26.5 Å². The number of halogens is 1. The summed E-state index contributed by atoms with van der Waals surface area (Å²) in [7, 11) is 0. The molecular formula is C22H20FN3O5. The number of anilines is 2. The number of hydrogen-bond acceptors (Lipinski definition) is 6. The fourth-order valence-electron chi connectivity index (χ4n) is 3.39. The van der Waals surface area contributed by atoms with Crippen molar-refractivity contribution in [2.24, 2.45) is 0 Å². The number of nitrogens with one attached hydrogen (secondary N) is 1. The molecule has 31 heavy (non-hydrogen) atoms. The molecule has 2 N–H and O–H groups in total. The first-order valence-electron chi connectivity index (χ1n) is 9.66. The highest BCUT2D eigenvalue weighted by Crippen LogP contribution is 2.27. The van der Waals surface area contributed by atoms with E-state index in [0.29, 0.717) is 48.9 Å². The maximum atomic E-state index is 14.2. The minimum Gasteiger partial charge on any atom is -0.475 e. The van der Waals surface area contributed by atoms with E-state index in [-0.39, 0.29) is 11.3 Å². The van der Waals surface area contributed by atoms with Gasteiger partial charge in [-0.3, -0.25) is 4.79 Å². The molecule has 9 heteroatoms. The van der Waals surface area contributed by atoms with Crippen LogP contribution in [0.25, 0.3) is 11.3 Å². The maximum absolute atomic E-state index is 14.2. The number of aromatic carboxylic acids is 1. The second kappa shape index (κ2) is 8.57. The minimum atomic E-state index is -1.22. The average molecular weight is 425 g/mol. The Hall–Kier alpha value is -3.72. The van der Waals surface area contributed by atoms with E-state index in [1.807, 2.05) is 11.8 Å². The van der Waals surface area contributed by atoms with Gasteiger partial charge in [0.1, 0.15) is 11.5 Å². The number of morpholine rings is 1. The summed E-state index contributed by atoms with van der Waals surface area (Å²) in [6.45, 7) is 4.19. The number of carbonyl (C=O) groups excluding carboxylic acids is 1. The number of carbonyl (C=O) groups is 2. The number of rotatable bonds is 5. The molecule has 0 unspecified atom stereocenters. The van der Waals surface area contributed by atoms with E-state index in [2.05, 4.69) is 10.5 Å². The van der Waals surface area contributed by atoms with Gasteiger partial charge < -0.3 is 24.6 Å². The summed E-state index contributed by atoms with van der Waals surface area (Å²) >= 11 is 0. The van der Waals surface area contributed by atoms with Crippen LogP contribution < -0.4 is 10.2 Å². The van der Waals surface area contributed by atoms with Crippen LogP contribution in [-0.2, 0) is 4.74 Å². The molecular weight excluding hydrogens is 405 g/mol. The SMILES string of the molecule is Cc1ccc(NC(=O)c2cc(F)cc(N3CCOCC3)c2)cc1-c1cc(C(=O)O)on1. The first-order valence-corrected chi connectivity index (χ1v) is 9.66. The third-order valence-electron chi connectivity index (χ3n) is 5.01. The van der Waals surface area contributed by atoms with Crippen molar-refractivity contribution in [1.82, 2.24) is 5.16 Å². The molecule has 0 aliphatic carbocycles. The lowest BCUT2D eigenvalue weighted by atomic mass is 10.0. The molecule has 0 radical (unpaired) electrons. The van der Waals surface area contributed by atoms with Crippen LogP contribution in [0.2, 0.25) is 0 Å². The van der Waals surface area contributed by atoms with Gasteiger partial charge >= 0.3 is 5.97 Å². The summed E-state index contributed by atoms with van der Waals surface area (Å²) in [5.74, 6) is -2.46. The van der Waals surface area contributed by atoms with Gasteiger partial charge in [-0.05, 0) is 42.8 Å². The highest BCUT2D eigenvalue weighted by Gasteiger charge is 2.17. The van der Waals surface area contributed by atoms with Crippen molar-refractivity contribution in [2.75, 3.05) is 36.5 Å². The molecule has 2 heterocycles. The number of nitrogens with zero attached hydrogens (tertiary/aromatic N) is 2. The van der Waals surface area contributed by atoms with Gasteiger partial charge in [0.2, 0.25) is 5.76 Å². The Morgan fingerprint density at radius 2 is 1.90 bits per heavy atom. The van der Waals surface area contributed by atoms with Crippen molar-refractivity contribution in [3.8, 4) is 11.3 Å². The Kier molecular flexibility index (Phi) is 5.68. The molecule has 2 aromatic carbocycles. The van der Waals surface area contributed by atoms with Crippen molar-refractivity contribution in [1.29, 1.82) is 0 Å². The monoisotopic (exact) mass is 425 g/mol. The standard InChI is InChI=1S/C22H20FN3O5/c1-13-2-3-16(11-18(13)19-12-20(22(28)29)31-25-19)24-21(27)14-8-15(23)10-17(9-14)26-4-6-30-7-5-26/h2-3,8-12H,4-7H2,1H3,(H,24,27)(H,28,29). The van der Waals surface area contributed by atoms with Crippen LogP contribution in [0, 0.1) is 12.7 Å². The highest BCUT2D eigenvalue weighted by molar-refractivity contribution is 6.05. The molecule has 1 fully saturated rings. The summed E-state index contributed by atoms with van der Waals surface area (Å²) in [6.07, 6.45) is 0. The first-order chi connectivity index (χ1) is 14.9. The predicted octanol–water partition coefficient (Wildman–Crippen LogP) is 3.58. The van der Waals surface area contributed by atoms with Crippen molar-refractivity contribution in [3.05, 3.63) is 65.2 Å². The third kappa shape index (κ3) is 4.56. The van der Waals surface area contributed by atoms with Crippen LogP contribution in [0.4, 0.5) is 15.8 Å². The van der Waals surface area contributed by atoms with Gasteiger partial charge in [0.25, 0.3) is 5.91 Å². The summed E-state index contributed by atoms with van der Waals surface area (Å²) in [6, 6.07) is 10.7. The van der Waals surface area contributed by atoms with Gasteiger partial charge in [-0.2, -0.15) is 0 Å². The van der Waals surface area contributed by atoms with E-state index in [0.717, 1.165) is 5.56 Å². The van der Waals surface area contributed by atoms with E-state index in [1.165, 1.54) is 18.2 Å². The number of carboxylic acids is 1. The highest BCUT2D eigenvalue weighted by atomic mass is 19.1. The molecule has 1 aliphatic rings. The number of aromatic nitrogens is 1. The van der Waals surface area contributed by atoms with Gasteiger partial charge in [0, 0.05) is 41.7 Å². The minimum absolute atomic E-state index is 0.193. The van der Waals surface area contributed by atoms with E-state index in [9.17, 15) is 14.0 Å². The van der Waals surface area contributed by atoms with E-state index < -0.39 is 17.7 Å². The number of hydrogen-bond donors (Lipinski definition) is 2. The molecule has 1 saturated heterocycles. The fourth-order valence-corrected chi connectivity index (χ4v) is 3.39. The molecule has 1 amide bonds. The molecule has 0 saturated carbocycles. The number of ether oxygens (including phenoxy) is 1. The Morgan fingerprint density at radius 1 is 1.13 bits per heavy atom. The Bertz CT molecular complexity index is 1140. The van der Waals surface area contributed by atoms with E-state index >= 15 is 0 Å². The van der Waals surface area contributed by atoms with Gasteiger partial charge in [0.15, 0.2) is 0 Å². The summed E-state index contributed by atoms with van der Waals surface area (Å²) in [5, 5.41) is 15.6. The van der Waals surface area contributed by atoms with Gasteiger partial charge in [0.05, 0.1) is 13.2 Å². The van der Waals surface area contributed by atoms with Crippen LogP contribution >= 0.6 is 0 Å². The Morgan fingerprint density at radius 3 is 2.61 bits per heavy atom. The molecule has 8 nitrogen and oxygen atoms in total. The lowest BCUT2D eigenvalue weighted by Gasteiger charge is -2.29. The lowest BCUT2D eigenvalue weighted by Crippen LogP contribution is -2.36. The molecule has 0 atom stereocenters. The van der Waals surface area contributed by atoms with Crippen molar-refractivity contribution in [3.63, 3.8) is 0 Å². The zero-order chi connectivity index (χ0) is 22.0. The zero-order valence-corrected chi connectivity index (χ0v) is 16.7. The first kappa shape index (κ1) is 20.5. The average Bonchev–Trinajstić information content (AvgIpc) is 3.26. The quantitative estimate of drug-likeness (QED) is 0.644. The Balaban J connectivity index is 1.57. The third-order valence-corrected chi connectivity index (χ3v) is 5.01. The summed E-state index contributed by atoms with van der Waals surface area (Å²) in [4.78, 5) is 25.8. The largest absolute Gasteiger partial charge is 0.475 e. The normalized spacial score (nSPS) is 13.8. The lowest BCUT2D eigenvalue weighted by molar-refractivity contribution is 0.0652. The van der Waals surface area contributed by atoms with E-state index in [1.54, 1.807) is 24.3 Å². The molecule has 0 bridgehead atoms. The number of aryl methyl sites for hydroxylation is 1. The molecule has 4 rings (SSSR count). The van der Waals surface area contributed by atoms with Crippen LogP contribution in [0.15, 0.2) is 47.0 Å². The fraction of sp³-hybridized carbons (Fsp3) is 0.227. The molecule has 3 aromatic rings. The predicted molar refractivity (Wildman–Crippen MR) is 111 cm³/mol. The van der Waals surface area contributed by atoms with E-state index in [4.69, 9.17) is 14.4 Å². The maximum Gasteiger partial charge on any atom is 0.374 e. The Labute approximate surface area is 177 Å². The van der Waals surface area contributed by atoms with Gasteiger partial charge in [-0.1, -0.05) is 11.2 Å². The van der Waals surface area contributed by atoms with Crippen molar-refractivity contribution < 1.29 is 28.3 Å². The number of benzene rings is 2. The number of amides is 1. The topological polar surface area (TPSA) is 105 Å². The summed E-state index contributed by atoms with van der Waals surface area (Å²) < 4.78 is 24.3. The molecule has 160 valence electrons. The zero-order valence-electron chi connectivity index (χ0n) is 16.7. The molecule has 1 aliphatic heterocycles. The van der Waals surface area contributed by atoms with Crippen molar-refractivity contribution >= 4 is 23.3 Å². The smallest absolute Gasteiger partial charge is 0.374 e. The number of carboxylic acid groups (broad SMARTS) is 1. The van der Waals surface area contributed by atoms with Gasteiger partial charge in [-0.25, -0.2) is 9.18 Å². The van der Waals surface area contributed by atoms with Gasteiger partial charge in [-0.15, -0.1) is 0 Å². The molecule has 0 spiro atoms. The summed E-state index contributed by atoms with van der Waals surface area (Å²) in [5.41, 5.74) is 3.06. The second-order valence-electron chi connectivity index (χ2n) is 7.16. The van der Waals surface area contributed by atoms with Crippen LogP contribution in [0.5, 0.6) is 0 Å². The van der Waals surface area contributed by atoms with Crippen molar-refractivity contribution in [2.45, 2.75) is 6.92 Å². The van der Waals surface area contributed by atoms with Crippen LogP contribution in [0.3, 0.4) is 0 Å².